The van der Waals surface area contributed by atoms with Crippen molar-refractivity contribution in [1.82, 2.24) is 10.2 Å². The van der Waals surface area contributed by atoms with E-state index in [2.05, 4.69) is 40.0 Å². The number of nitrogens with zero attached hydrogens (tertiary/aromatic N) is 1. The fraction of sp³-hybridized carbons (Fsp3) is 1.00. The van der Waals surface area contributed by atoms with Crippen LogP contribution in [0.15, 0.2) is 0 Å². The molecule has 1 N–H and O–H groups in total. The van der Waals surface area contributed by atoms with Gasteiger partial charge in [-0.3, -0.25) is 0 Å². The third kappa shape index (κ3) is 4.76. The summed E-state index contributed by atoms with van der Waals surface area (Å²) in [5.41, 5.74) is 0.281. The van der Waals surface area contributed by atoms with Gasteiger partial charge in [-0.2, -0.15) is 0 Å². The van der Waals surface area contributed by atoms with E-state index < -0.39 is 0 Å². The lowest BCUT2D eigenvalue weighted by Gasteiger charge is -2.27. The van der Waals surface area contributed by atoms with E-state index in [1.165, 1.54) is 38.9 Å². The smallest absolute Gasteiger partial charge is 0.0133 e. The number of rotatable bonds is 6. The Balaban J connectivity index is 2.07. The number of nitrogens with one attached hydrogen (secondary N) is 1. The lowest BCUT2D eigenvalue weighted by atomic mass is 10.0. The van der Waals surface area contributed by atoms with Crippen molar-refractivity contribution < 1.29 is 0 Å². The van der Waals surface area contributed by atoms with Gasteiger partial charge >= 0.3 is 0 Å². The van der Waals surface area contributed by atoms with Crippen molar-refractivity contribution in [3.63, 3.8) is 0 Å². The molecule has 14 heavy (non-hydrogen) atoms. The molecule has 0 atom stereocenters. The van der Waals surface area contributed by atoms with E-state index in [0.29, 0.717) is 0 Å². The van der Waals surface area contributed by atoms with E-state index in [-0.39, 0.29) is 5.54 Å². The van der Waals surface area contributed by atoms with Gasteiger partial charge in [-0.05, 0) is 46.2 Å². The Morgan fingerprint density at radius 1 is 1.29 bits per heavy atom. The normalized spacial score (nSPS) is 19.1. The van der Waals surface area contributed by atoms with Gasteiger partial charge in [0.05, 0.1) is 0 Å². The van der Waals surface area contributed by atoms with Crippen LogP contribution >= 0.6 is 15.9 Å². The van der Waals surface area contributed by atoms with Crippen LogP contribution in [0.25, 0.3) is 0 Å². The Morgan fingerprint density at radius 3 is 2.50 bits per heavy atom. The van der Waals surface area contributed by atoms with Crippen LogP contribution in [0.3, 0.4) is 0 Å². The van der Waals surface area contributed by atoms with Gasteiger partial charge in [0.25, 0.3) is 0 Å². The first-order chi connectivity index (χ1) is 6.64. The fourth-order valence-electron chi connectivity index (χ4n) is 1.88. The second kappa shape index (κ2) is 6.09. The Kier molecular flexibility index (Phi) is 5.42. The van der Waals surface area contributed by atoms with Crippen molar-refractivity contribution in [2.75, 3.05) is 31.5 Å². The minimum absolute atomic E-state index is 0.281. The van der Waals surface area contributed by atoms with Gasteiger partial charge < -0.3 is 10.2 Å². The van der Waals surface area contributed by atoms with Crippen LogP contribution in [0.1, 0.15) is 33.1 Å². The van der Waals surface area contributed by atoms with Gasteiger partial charge in [-0.25, -0.2) is 0 Å². The lowest BCUT2D eigenvalue weighted by molar-refractivity contribution is 0.301. The summed E-state index contributed by atoms with van der Waals surface area (Å²) >= 11 is 3.49. The van der Waals surface area contributed by atoms with Gasteiger partial charge in [0.1, 0.15) is 0 Å². The number of alkyl halides is 1. The molecule has 0 spiro atoms. The molecule has 1 saturated heterocycles. The van der Waals surface area contributed by atoms with E-state index in [1.807, 2.05) is 0 Å². The van der Waals surface area contributed by atoms with Crippen molar-refractivity contribution in [3.8, 4) is 0 Å². The van der Waals surface area contributed by atoms with Crippen molar-refractivity contribution in [1.29, 1.82) is 0 Å². The first-order valence-corrected chi connectivity index (χ1v) is 6.79. The molecule has 84 valence electrons. The molecule has 0 radical (unpaired) electrons. The molecule has 1 aliphatic heterocycles. The predicted octanol–water partition coefficient (Wildman–Crippen LogP) is 2.24. The highest BCUT2D eigenvalue weighted by Gasteiger charge is 2.16. The number of hydrogen-bond acceptors (Lipinski definition) is 2. The van der Waals surface area contributed by atoms with E-state index in [1.54, 1.807) is 0 Å². The van der Waals surface area contributed by atoms with Gasteiger partial charge in [0, 0.05) is 24.0 Å². The minimum atomic E-state index is 0.281. The Hall–Kier alpha value is 0.400. The van der Waals surface area contributed by atoms with Crippen LogP contribution in [0.5, 0.6) is 0 Å². The van der Waals surface area contributed by atoms with Crippen molar-refractivity contribution in [3.05, 3.63) is 0 Å². The van der Waals surface area contributed by atoms with Gasteiger partial charge in [0.15, 0.2) is 0 Å². The van der Waals surface area contributed by atoms with Crippen LogP contribution in [-0.2, 0) is 0 Å². The molecule has 1 fully saturated rings. The van der Waals surface area contributed by atoms with Crippen molar-refractivity contribution in [2.24, 2.45) is 0 Å². The quantitative estimate of drug-likeness (QED) is 0.739. The maximum atomic E-state index is 3.62. The molecule has 0 saturated carbocycles. The third-order valence-electron chi connectivity index (χ3n) is 2.95. The largest absolute Gasteiger partial charge is 0.310 e. The van der Waals surface area contributed by atoms with Crippen LogP contribution in [0.2, 0.25) is 0 Å². The minimum Gasteiger partial charge on any atom is -0.310 e. The van der Waals surface area contributed by atoms with Gasteiger partial charge in [-0.15, -0.1) is 0 Å². The molecule has 0 bridgehead atoms. The van der Waals surface area contributed by atoms with Crippen LogP contribution in [0.4, 0.5) is 0 Å². The second-order valence-electron chi connectivity index (χ2n) is 4.80. The fourth-order valence-corrected chi connectivity index (χ4v) is 2.87. The summed E-state index contributed by atoms with van der Waals surface area (Å²) in [4.78, 5) is 2.55. The molecule has 0 unspecified atom stereocenters. The summed E-state index contributed by atoms with van der Waals surface area (Å²) < 4.78 is 0. The highest BCUT2D eigenvalue weighted by molar-refractivity contribution is 9.09. The molecule has 1 heterocycles. The predicted molar refractivity (Wildman–Crippen MR) is 66.2 cm³/mol. The van der Waals surface area contributed by atoms with Crippen LogP contribution < -0.4 is 5.32 Å². The first kappa shape index (κ1) is 12.5. The number of likely N-dealkylation sites (tertiary alicyclic amines) is 1. The Morgan fingerprint density at radius 2 is 1.93 bits per heavy atom. The zero-order valence-corrected chi connectivity index (χ0v) is 11.1. The zero-order valence-electron chi connectivity index (χ0n) is 9.48. The molecule has 0 amide bonds. The van der Waals surface area contributed by atoms with Crippen molar-refractivity contribution >= 4 is 15.9 Å². The summed E-state index contributed by atoms with van der Waals surface area (Å²) in [7, 11) is 0. The molecular formula is C11H23BrN2. The van der Waals surface area contributed by atoms with Crippen molar-refractivity contribution in [2.45, 2.75) is 38.6 Å². The summed E-state index contributed by atoms with van der Waals surface area (Å²) in [5.74, 6) is 0. The lowest BCUT2D eigenvalue weighted by Crippen LogP contribution is -2.43. The maximum absolute atomic E-state index is 3.62. The molecule has 1 aliphatic rings. The summed E-state index contributed by atoms with van der Waals surface area (Å²) in [5, 5.41) is 4.70. The highest BCUT2D eigenvalue weighted by Crippen LogP contribution is 2.10. The molecule has 2 nitrogen and oxygen atoms in total. The van der Waals surface area contributed by atoms with E-state index in [0.717, 1.165) is 11.9 Å². The average molecular weight is 263 g/mol. The van der Waals surface area contributed by atoms with Gasteiger partial charge in [0.2, 0.25) is 0 Å². The summed E-state index contributed by atoms with van der Waals surface area (Å²) in [6, 6.07) is 0. The molecule has 0 aliphatic carbocycles. The average Bonchev–Trinajstić information content (AvgIpc) is 2.56. The topological polar surface area (TPSA) is 15.3 Å². The van der Waals surface area contributed by atoms with E-state index in [4.69, 9.17) is 0 Å². The Bertz CT molecular complexity index is 153. The highest BCUT2D eigenvalue weighted by atomic mass is 79.9. The second-order valence-corrected chi connectivity index (χ2v) is 5.59. The molecule has 1 rings (SSSR count). The summed E-state index contributed by atoms with van der Waals surface area (Å²) in [6.07, 6.45) is 3.97. The molecule has 3 heteroatoms. The first-order valence-electron chi connectivity index (χ1n) is 5.67. The third-order valence-corrected chi connectivity index (χ3v) is 3.35. The van der Waals surface area contributed by atoms with Crippen LogP contribution in [-0.4, -0.2) is 41.9 Å². The van der Waals surface area contributed by atoms with E-state index >= 15 is 0 Å². The number of hydrogen-bond donors (Lipinski definition) is 1. The van der Waals surface area contributed by atoms with E-state index in [9.17, 15) is 0 Å². The summed E-state index contributed by atoms with van der Waals surface area (Å²) in [6.45, 7) is 9.50. The molecule has 0 aromatic rings. The number of halogens is 1. The Labute approximate surface area is 96.6 Å². The van der Waals surface area contributed by atoms with Gasteiger partial charge in [-0.1, -0.05) is 15.9 Å². The maximum Gasteiger partial charge on any atom is 0.0133 e. The molecular weight excluding hydrogens is 240 g/mol. The monoisotopic (exact) mass is 262 g/mol. The SMILES string of the molecule is CC(C)(CCBr)NCCN1CCCC1. The molecule has 0 aromatic heterocycles. The standard InChI is InChI=1S/C11H23BrN2/c1-11(2,5-6-12)13-7-10-14-8-3-4-9-14/h13H,3-10H2,1-2H3. The zero-order chi connectivity index (χ0) is 10.4. The molecule has 0 aromatic carbocycles. The van der Waals surface area contributed by atoms with Crippen LogP contribution in [0, 0.1) is 0 Å².